The lowest BCUT2D eigenvalue weighted by Crippen LogP contribution is -2.27. The number of nitrogens with one attached hydrogen (secondary N) is 1. The minimum Gasteiger partial charge on any atom is -0.370 e. The monoisotopic (exact) mass is 242 g/mol. The number of nitrogens with two attached hydrogens (primary N) is 1. The van der Waals surface area contributed by atoms with Crippen LogP contribution in [0.4, 0.5) is 0 Å². The Kier molecular flexibility index (Phi) is 6.07. The standard InChI is InChI=1S/C11H18N2O2S/c1-2-9-3-4-10(16-9)7-13-11(14)8-15-6-5-12/h3-4H,2,5-8,12H2,1H3,(H,13,14). The highest BCUT2D eigenvalue weighted by Gasteiger charge is 2.02. The van der Waals surface area contributed by atoms with Gasteiger partial charge in [-0.25, -0.2) is 0 Å². The van der Waals surface area contributed by atoms with Crippen LogP contribution in [0.5, 0.6) is 0 Å². The molecule has 0 aromatic carbocycles. The Balaban J connectivity index is 2.20. The molecule has 90 valence electrons. The van der Waals surface area contributed by atoms with Gasteiger partial charge in [0.2, 0.25) is 5.91 Å². The van der Waals surface area contributed by atoms with Crippen molar-refractivity contribution in [1.82, 2.24) is 5.32 Å². The highest BCUT2D eigenvalue weighted by molar-refractivity contribution is 7.11. The van der Waals surface area contributed by atoms with Crippen LogP contribution < -0.4 is 11.1 Å². The zero-order valence-electron chi connectivity index (χ0n) is 9.49. The smallest absolute Gasteiger partial charge is 0.246 e. The molecule has 0 aliphatic carbocycles. The number of hydrogen-bond donors (Lipinski definition) is 2. The second-order valence-corrected chi connectivity index (χ2v) is 4.59. The number of aryl methyl sites for hydroxylation is 1. The Morgan fingerprint density at radius 3 is 2.88 bits per heavy atom. The van der Waals surface area contributed by atoms with Gasteiger partial charge in [-0.3, -0.25) is 4.79 Å². The molecular weight excluding hydrogens is 224 g/mol. The van der Waals surface area contributed by atoms with Gasteiger partial charge in [-0.05, 0) is 18.6 Å². The van der Waals surface area contributed by atoms with Crippen LogP contribution in [0.1, 0.15) is 16.7 Å². The maximum absolute atomic E-state index is 11.3. The first-order valence-electron chi connectivity index (χ1n) is 5.38. The number of carbonyl (C=O) groups excluding carboxylic acids is 1. The molecule has 0 bridgehead atoms. The Bertz CT molecular complexity index is 326. The first-order chi connectivity index (χ1) is 7.76. The van der Waals surface area contributed by atoms with Crippen LogP contribution in [0.25, 0.3) is 0 Å². The third-order valence-electron chi connectivity index (χ3n) is 2.02. The molecule has 1 aromatic heterocycles. The summed E-state index contributed by atoms with van der Waals surface area (Å²) in [6.07, 6.45) is 1.04. The lowest BCUT2D eigenvalue weighted by Gasteiger charge is -2.03. The van der Waals surface area contributed by atoms with Gasteiger partial charge in [0.15, 0.2) is 0 Å². The van der Waals surface area contributed by atoms with E-state index in [0.29, 0.717) is 19.7 Å². The van der Waals surface area contributed by atoms with Crippen LogP contribution in [0.2, 0.25) is 0 Å². The van der Waals surface area contributed by atoms with Crippen molar-refractivity contribution in [3.63, 3.8) is 0 Å². The van der Waals surface area contributed by atoms with E-state index in [2.05, 4.69) is 18.3 Å². The van der Waals surface area contributed by atoms with Gasteiger partial charge < -0.3 is 15.8 Å². The van der Waals surface area contributed by atoms with Crippen LogP contribution in [0.3, 0.4) is 0 Å². The van der Waals surface area contributed by atoms with E-state index in [1.807, 2.05) is 6.07 Å². The van der Waals surface area contributed by atoms with Gasteiger partial charge in [0.1, 0.15) is 6.61 Å². The van der Waals surface area contributed by atoms with Crippen molar-refractivity contribution in [2.75, 3.05) is 19.8 Å². The third-order valence-corrected chi connectivity index (χ3v) is 3.25. The molecule has 0 fully saturated rings. The van der Waals surface area contributed by atoms with Crippen LogP contribution >= 0.6 is 11.3 Å². The van der Waals surface area contributed by atoms with Gasteiger partial charge in [-0.1, -0.05) is 6.92 Å². The second-order valence-electron chi connectivity index (χ2n) is 3.34. The van der Waals surface area contributed by atoms with Crippen LogP contribution in [0.15, 0.2) is 12.1 Å². The quantitative estimate of drug-likeness (QED) is 0.698. The second kappa shape index (κ2) is 7.38. The number of ether oxygens (including phenoxy) is 1. The topological polar surface area (TPSA) is 64.3 Å². The van der Waals surface area contributed by atoms with Crippen molar-refractivity contribution >= 4 is 17.2 Å². The zero-order chi connectivity index (χ0) is 11.8. The predicted octanol–water partition coefficient (Wildman–Crippen LogP) is 0.902. The van der Waals surface area contributed by atoms with Gasteiger partial charge in [0.25, 0.3) is 0 Å². The molecule has 0 saturated carbocycles. The van der Waals surface area contributed by atoms with E-state index in [1.54, 1.807) is 11.3 Å². The SMILES string of the molecule is CCc1ccc(CNC(=O)COCCN)s1. The normalized spacial score (nSPS) is 10.4. The summed E-state index contributed by atoms with van der Waals surface area (Å²) in [7, 11) is 0. The van der Waals surface area contributed by atoms with E-state index in [-0.39, 0.29) is 12.5 Å². The fraction of sp³-hybridized carbons (Fsp3) is 0.545. The van der Waals surface area contributed by atoms with Crippen molar-refractivity contribution in [3.8, 4) is 0 Å². The van der Waals surface area contributed by atoms with Gasteiger partial charge in [-0.15, -0.1) is 11.3 Å². The number of hydrogen-bond acceptors (Lipinski definition) is 4. The average molecular weight is 242 g/mol. The van der Waals surface area contributed by atoms with E-state index in [0.717, 1.165) is 6.42 Å². The number of rotatable bonds is 7. The van der Waals surface area contributed by atoms with Crippen LogP contribution in [0, 0.1) is 0 Å². The molecule has 16 heavy (non-hydrogen) atoms. The summed E-state index contributed by atoms with van der Waals surface area (Å²) in [5, 5.41) is 2.80. The summed E-state index contributed by atoms with van der Waals surface area (Å²) < 4.78 is 5.03. The van der Waals surface area contributed by atoms with E-state index >= 15 is 0 Å². The van der Waals surface area contributed by atoms with E-state index in [4.69, 9.17) is 10.5 Å². The van der Waals surface area contributed by atoms with Crippen molar-refractivity contribution < 1.29 is 9.53 Å². The van der Waals surface area contributed by atoms with Crippen molar-refractivity contribution in [2.24, 2.45) is 5.73 Å². The lowest BCUT2D eigenvalue weighted by atomic mass is 10.3. The van der Waals surface area contributed by atoms with E-state index in [9.17, 15) is 4.79 Å². The summed E-state index contributed by atoms with van der Waals surface area (Å²) in [6.45, 7) is 3.65. The van der Waals surface area contributed by atoms with Crippen LogP contribution in [-0.2, 0) is 22.5 Å². The maximum Gasteiger partial charge on any atom is 0.246 e. The molecule has 0 unspecified atom stereocenters. The number of amides is 1. The molecule has 0 atom stereocenters. The molecular formula is C11H18N2O2S. The van der Waals surface area contributed by atoms with Gasteiger partial charge in [-0.2, -0.15) is 0 Å². The highest BCUT2D eigenvalue weighted by Crippen LogP contribution is 2.16. The van der Waals surface area contributed by atoms with Crippen molar-refractivity contribution in [3.05, 3.63) is 21.9 Å². The van der Waals surface area contributed by atoms with Gasteiger partial charge in [0, 0.05) is 16.3 Å². The first-order valence-corrected chi connectivity index (χ1v) is 6.20. The molecule has 0 radical (unpaired) electrons. The molecule has 0 saturated heterocycles. The molecule has 5 heteroatoms. The largest absolute Gasteiger partial charge is 0.370 e. The minimum atomic E-state index is -0.0973. The fourth-order valence-electron chi connectivity index (χ4n) is 1.19. The average Bonchev–Trinajstić information content (AvgIpc) is 2.74. The summed E-state index contributed by atoms with van der Waals surface area (Å²) in [4.78, 5) is 13.8. The predicted molar refractivity (Wildman–Crippen MR) is 65.4 cm³/mol. The van der Waals surface area contributed by atoms with Gasteiger partial charge in [0.05, 0.1) is 13.2 Å². The number of carbonyl (C=O) groups is 1. The number of thiophene rings is 1. The molecule has 0 aliphatic rings. The molecule has 3 N–H and O–H groups in total. The molecule has 1 aromatic rings. The molecule has 4 nitrogen and oxygen atoms in total. The maximum atomic E-state index is 11.3. The molecule has 0 spiro atoms. The van der Waals surface area contributed by atoms with E-state index < -0.39 is 0 Å². The van der Waals surface area contributed by atoms with Crippen LogP contribution in [-0.4, -0.2) is 25.7 Å². The summed E-state index contributed by atoms with van der Waals surface area (Å²) in [6, 6.07) is 4.14. The Morgan fingerprint density at radius 2 is 2.25 bits per heavy atom. The van der Waals surface area contributed by atoms with Crippen molar-refractivity contribution in [2.45, 2.75) is 19.9 Å². The lowest BCUT2D eigenvalue weighted by molar-refractivity contribution is -0.125. The van der Waals surface area contributed by atoms with Gasteiger partial charge >= 0.3 is 0 Å². The zero-order valence-corrected chi connectivity index (χ0v) is 10.3. The molecule has 0 aliphatic heterocycles. The molecule has 1 heterocycles. The summed E-state index contributed by atoms with van der Waals surface area (Å²) in [5.74, 6) is -0.0973. The molecule has 1 rings (SSSR count). The highest BCUT2D eigenvalue weighted by atomic mass is 32.1. The minimum absolute atomic E-state index is 0.0865. The van der Waals surface area contributed by atoms with E-state index in [1.165, 1.54) is 9.75 Å². The summed E-state index contributed by atoms with van der Waals surface area (Å²) in [5.41, 5.74) is 5.24. The van der Waals surface area contributed by atoms with Crippen molar-refractivity contribution in [1.29, 1.82) is 0 Å². The Hall–Kier alpha value is -0.910. The molecule has 1 amide bonds. The Labute approximate surface area is 99.8 Å². The summed E-state index contributed by atoms with van der Waals surface area (Å²) >= 11 is 1.73. The third kappa shape index (κ3) is 4.74. The Morgan fingerprint density at radius 1 is 1.50 bits per heavy atom. The first kappa shape index (κ1) is 13.2. The fourth-order valence-corrected chi connectivity index (χ4v) is 2.09.